The van der Waals surface area contributed by atoms with Crippen LogP contribution in [0.2, 0.25) is 0 Å². The normalized spacial score (nSPS) is 27.4. The van der Waals surface area contributed by atoms with Crippen LogP contribution in [0.3, 0.4) is 0 Å². The first-order valence-corrected chi connectivity index (χ1v) is 5.70. The van der Waals surface area contributed by atoms with E-state index in [4.69, 9.17) is 5.73 Å². The Kier molecular flexibility index (Phi) is 3.07. The Bertz CT molecular complexity index is 320. The maximum atomic E-state index is 5.83. The molecule has 1 aliphatic rings. The number of rotatable bonds is 3. The second-order valence-corrected chi connectivity index (χ2v) is 4.28. The molecule has 0 bridgehead atoms. The fraction of sp³-hybridized carbons (Fsp3) is 0.727. The van der Waals surface area contributed by atoms with Crippen LogP contribution in [-0.2, 0) is 6.54 Å². The average molecular weight is 208 g/mol. The third kappa shape index (κ3) is 1.79. The van der Waals surface area contributed by atoms with Crippen molar-refractivity contribution in [1.29, 1.82) is 0 Å². The molecule has 0 amide bonds. The third-order valence-electron chi connectivity index (χ3n) is 3.43. The van der Waals surface area contributed by atoms with Gasteiger partial charge in [0.15, 0.2) is 0 Å². The number of hydrogen-bond donors (Lipinski definition) is 1. The van der Waals surface area contributed by atoms with Crippen LogP contribution in [0.5, 0.6) is 0 Å². The molecule has 2 heterocycles. The molecular formula is C11H20N4. The summed E-state index contributed by atoms with van der Waals surface area (Å²) in [5.74, 6) is 0.581. The topological polar surface area (TPSA) is 47.1 Å². The number of nitrogens with zero attached hydrogens (tertiary/aromatic N) is 3. The molecule has 2 rings (SSSR count). The zero-order valence-corrected chi connectivity index (χ0v) is 9.56. The molecule has 1 saturated heterocycles. The van der Waals surface area contributed by atoms with Gasteiger partial charge in [-0.15, -0.1) is 0 Å². The molecule has 1 aliphatic heterocycles. The molecule has 2 N–H and O–H groups in total. The number of aromatic nitrogens is 2. The second kappa shape index (κ2) is 4.33. The summed E-state index contributed by atoms with van der Waals surface area (Å²) < 4.78 is 2.08. The van der Waals surface area contributed by atoms with Crippen LogP contribution in [0.1, 0.15) is 25.1 Å². The van der Waals surface area contributed by atoms with E-state index >= 15 is 0 Å². The first kappa shape index (κ1) is 10.6. The first-order chi connectivity index (χ1) is 7.27. The lowest BCUT2D eigenvalue weighted by molar-refractivity contribution is 0.264. The van der Waals surface area contributed by atoms with Gasteiger partial charge in [0.25, 0.3) is 0 Å². The van der Waals surface area contributed by atoms with Crippen LogP contribution >= 0.6 is 0 Å². The minimum atomic E-state index is 0.456. The van der Waals surface area contributed by atoms with E-state index in [1.165, 1.54) is 12.1 Å². The minimum absolute atomic E-state index is 0.456. The summed E-state index contributed by atoms with van der Waals surface area (Å²) >= 11 is 0. The van der Waals surface area contributed by atoms with Crippen LogP contribution in [0.4, 0.5) is 0 Å². The molecule has 2 atom stereocenters. The van der Waals surface area contributed by atoms with Crippen molar-refractivity contribution in [1.82, 2.24) is 14.7 Å². The van der Waals surface area contributed by atoms with Crippen LogP contribution in [0.25, 0.3) is 0 Å². The maximum absolute atomic E-state index is 5.83. The lowest BCUT2D eigenvalue weighted by Gasteiger charge is -2.24. The summed E-state index contributed by atoms with van der Waals surface area (Å²) in [7, 11) is 2.17. The van der Waals surface area contributed by atoms with Crippen LogP contribution in [0.15, 0.2) is 12.3 Å². The fourth-order valence-electron chi connectivity index (χ4n) is 2.60. The fourth-order valence-corrected chi connectivity index (χ4v) is 2.60. The molecule has 4 heteroatoms. The Morgan fingerprint density at radius 1 is 1.60 bits per heavy atom. The second-order valence-electron chi connectivity index (χ2n) is 4.28. The van der Waals surface area contributed by atoms with Crippen molar-refractivity contribution in [3.05, 3.63) is 18.0 Å². The highest BCUT2D eigenvalue weighted by Gasteiger charge is 2.33. The van der Waals surface area contributed by atoms with Crippen LogP contribution in [-0.4, -0.2) is 34.8 Å². The van der Waals surface area contributed by atoms with E-state index < -0.39 is 0 Å². The molecule has 0 aromatic carbocycles. The van der Waals surface area contributed by atoms with Gasteiger partial charge in [0.05, 0.1) is 11.7 Å². The van der Waals surface area contributed by atoms with Gasteiger partial charge in [0.1, 0.15) is 0 Å². The molecule has 84 valence electrons. The van der Waals surface area contributed by atoms with Gasteiger partial charge >= 0.3 is 0 Å². The van der Waals surface area contributed by atoms with E-state index in [9.17, 15) is 0 Å². The Hall–Kier alpha value is -0.870. The Morgan fingerprint density at radius 3 is 3.07 bits per heavy atom. The summed E-state index contributed by atoms with van der Waals surface area (Å²) in [5, 5.41) is 4.33. The van der Waals surface area contributed by atoms with Gasteiger partial charge in [-0.3, -0.25) is 9.58 Å². The molecule has 0 saturated carbocycles. The van der Waals surface area contributed by atoms with Crippen molar-refractivity contribution in [2.75, 3.05) is 20.1 Å². The summed E-state index contributed by atoms with van der Waals surface area (Å²) in [6, 6.07) is 2.58. The van der Waals surface area contributed by atoms with Gasteiger partial charge in [-0.25, -0.2) is 0 Å². The van der Waals surface area contributed by atoms with Crippen molar-refractivity contribution < 1.29 is 0 Å². The van der Waals surface area contributed by atoms with E-state index in [1.807, 2.05) is 6.20 Å². The lowest BCUT2D eigenvalue weighted by Crippen LogP contribution is -2.27. The van der Waals surface area contributed by atoms with E-state index in [1.54, 1.807) is 0 Å². The maximum Gasteiger partial charge on any atom is 0.0558 e. The molecule has 0 radical (unpaired) electrons. The summed E-state index contributed by atoms with van der Waals surface area (Å²) in [6.45, 7) is 4.97. The highest BCUT2D eigenvalue weighted by molar-refractivity contribution is 5.11. The van der Waals surface area contributed by atoms with Crippen LogP contribution in [0, 0.1) is 5.92 Å². The number of hydrogen-bond acceptors (Lipinski definition) is 3. The van der Waals surface area contributed by atoms with E-state index in [-0.39, 0.29) is 0 Å². The van der Waals surface area contributed by atoms with Gasteiger partial charge in [-0.2, -0.15) is 5.10 Å². The Morgan fingerprint density at radius 2 is 2.40 bits per heavy atom. The quantitative estimate of drug-likeness (QED) is 0.801. The number of likely N-dealkylation sites (tertiary alicyclic amines) is 1. The number of aryl methyl sites for hydroxylation is 1. The summed E-state index contributed by atoms with van der Waals surface area (Å²) in [4.78, 5) is 2.39. The Balaban J connectivity index is 2.27. The lowest BCUT2D eigenvalue weighted by atomic mass is 9.98. The monoisotopic (exact) mass is 208 g/mol. The number of nitrogens with two attached hydrogens (primary N) is 1. The predicted molar refractivity (Wildman–Crippen MR) is 60.4 cm³/mol. The molecule has 0 spiro atoms. The predicted octanol–water partition coefficient (Wildman–Crippen LogP) is 0.855. The van der Waals surface area contributed by atoms with E-state index in [2.05, 4.69) is 34.7 Å². The summed E-state index contributed by atoms with van der Waals surface area (Å²) in [5.41, 5.74) is 7.14. The van der Waals surface area contributed by atoms with Crippen LogP contribution < -0.4 is 5.73 Å². The standard InChI is InChI=1S/C11H20N4/c1-3-15-10(4-6-13-15)11-9(8-12)5-7-14(11)2/h4,6,9,11H,3,5,7-8,12H2,1-2H3. The van der Waals surface area contributed by atoms with E-state index in [0.717, 1.165) is 19.6 Å². The van der Waals surface area contributed by atoms with Crippen molar-refractivity contribution in [2.45, 2.75) is 25.9 Å². The van der Waals surface area contributed by atoms with Crippen molar-refractivity contribution in [3.63, 3.8) is 0 Å². The molecule has 1 fully saturated rings. The molecule has 15 heavy (non-hydrogen) atoms. The SMILES string of the molecule is CCn1nccc1C1C(CN)CCN1C. The van der Waals surface area contributed by atoms with Gasteiger partial charge in [0, 0.05) is 12.7 Å². The van der Waals surface area contributed by atoms with E-state index in [0.29, 0.717) is 12.0 Å². The van der Waals surface area contributed by atoms with Gasteiger partial charge in [-0.1, -0.05) is 0 Å². The van der Waals surface area contributed by atoms with Crippen molar-refractivity contribution in [2.24, 2.45) is 11.7 Å². The van der Waals surface area contributed by atoms with Crippen molar-refractivity contribution in [3.8, 4) is 0 Å². The molecule has 2 unspecified atom stereocenters. The smallest absolute Gasteiger partial charge is 0.0558 e. The van der Waals surface area contributed by atoms with Gasteiger partial charge in [0.2, 0.25) is 0 Å². The molecule has 1 aromatic rings. The highest BCUT2D eigenvalue weighted by Crippen LogP contribution is 2.35. The molecule has 4 nitrogen and oxygen atoms in total. The van der Waals surface area contributed by atoms with Gasteiger partial charge < -0.3 is 5.73 Å². The summed E-state index contributed by atoms with van der Waals surface area (Å²) in [6.07, 6.45) is 3.09. The molecular weight excluding hydrogens is 188 g/mol. The minimum Gasteiger partial charge on any atom is -0.330 e. The molecule has 0 aliphatic carbocycles. The average Bonchev–Trinajstić information content (AvgIpc) is 2.82. The van der Waals surface area contributed by atoms with Gasteiger partial charge in [-0.05, 0) is 45.5 Å². The first-order valence-electron chi connectivity index (χ1n) is 5.70. The van der Waals surface area contributed by atoms with Crippen molar-refractivity contribution >= 4 is 0 Å². The third-order valence-corrected chi connectivity index (χ3v) is 3.43. The largest absolute Gasteiger partial charge is 0.330 e. The zero-order valence-electron chi connectivity index (χ0n) is 9.56. The highest BCUT2D eigenvalue weighted by atomic mass is 15.3. The molecule has 1 aromatic heterocycles. The Labute approximate surface area is 91.1 Å². The zero-order chi connectivity index (χ0) is 10.8.